The van der Waals surface area contributed by atoms with Crippen LogP contribution in [-0.2, 0) is 4.74 Å². The largest absolute Gasteiger partial charge is 0.385 e. The van der Waals surface area contributed by atoms with Gasteiger partial charge in [-0.2, -0.15) is 0 Å². The van der Waals surface area contributed by atoms with Crippen LogP contribution in [0.3, 0.4) is 0 Å². The summed E-state index contributed by atoms with van der Waals surface area (Å²) in [5, 5.41) is 3.60. The fourth-order valence-corrected chi connectivity index (χ4v) is 2.20. The first-order valence-corrected chi connectivity index (χ1v) is 6.94. The smallest absolute Gasteiger partial charge is 0.0462 e. The molecular formula is C16H27NO. The van der Waals surface area contributed by atoms with E-state index >= 15 is 0 Å². The molecule has 1 atom stereocenters. The van der Waals surface area contributed by atoms with Crippen LogP contribution in [0, 0.1) is 13.8 Å². The Kier molecular flexibility index (Phi) is 6.99. The fourth-order valence-electron chi connectivity index (χ4n) is 2.20. The van der Waals surface area contributed by atoms with Crippen LogP contribution in [0.25, 0.3) is 0 Å². The monoisotopic (exact) mass is 249 g/mol. The summed E-state index contributed by atoms with van der Waals surface area (Å²) in [6.45, 7) is 8.55. The molecule has 2 heteroatoms. The Bertz CT molecular complexity index is 349. The van der Waals surface area contributed by atoms with Crippen LogP contribution in [0.5, 0.6) is 0 Å². The topological polar surface area (TPSA) is 21.3 Å². The van der Waals surface area contributed by atoms with Crippen LogP contribution in [0.2, 0.25) is 0 Å². The summed E-state index contributed by atoms with van der Waals surface area (Å²) in [5.74, 6) is 0. The number of hydrogen-bond acceptors (Lipinski definition) is 2. The first kappa shape index (κ1) is 15.2. The number of benzene rings is 1. The van der Waals surface area contributed by atoms with Gasteiger partial charge in [0.2, 0.25) is 0 Å². The summed E-state index contributed by atoms with van der Waals surface area (Å²) < 4.78 is 5.05. The fraction of sp³-hybridized carbons (Fsp3) is 0.625. The van der Waals surface area contributed by atoms with E-state index in [1.54, 1.807) is 7.11 Å². The minimum Gasteiger partial charge on any atom is -0.385 e. The minimum atomic E-state index is 0.437. The highest BCUT2D eigenvalue weighted by molar-refractivity contribution is 5.32. The number of aryl methyl sites for hydroxylation is 2. The van der Waals surface area contributed by atoms with Crippen molar-refractivity contribution in [3.05, 3.63) is 34.9 Å². The molecule has 0 aliphatic heterocycles. The van der Waals surface area contributed by atoms with Crippen LogP contribution in [0.4, 0.5) is 0 Å². The molecule has 1 aromatic carbocycles. The third-order valence-electron chi connectivity index (χ3n) is 3.38. The molecule has 0 aliphatic rings. The van der Waals surface area contributed by atoms with Crippen molar-refractivity contribution >= 4 is 0 Å². The van der Waals surface area contributed by atoms with Gasteiger partial charge in [-0.3, -0.25) is 0 Å². The Hall–Kier alpha value is -0.860. The van der Waals surface area contributed by atoms with Gasteiger partial charge < -0.3 is 10.1 Å². The molecule has 1 rings (SSSR count). The van der Waals surface area contributed by atoms with Crippen molar-refractivity contribution in [3.63, 3.8) is 0 Å². The van der Waals surface area contributed by atoms with Gasteiger partial charge in [0, 0.05) is 19.8 Å². The first-order valence-electron chi connectivity index (χ1n) is 6.94. The quantitative estimate of drug-likeness (QED) is 0.708. The normalized spacial score (nSPS) is 12.7. The molecule has 0 aliphatic carbocycles. The average Bonchev–Trinajstić information content (AvgIpc) is 2.36. The Labute approximate surface area is 112 Å². The Morgan fingerprint density at radius 3 is 2.67 bits per heavy atom. The van der Waals surface area contributed by atoms with Gasteiger partial charge in [0.15, 0.2) is 0 Å². The maximum atomic E-state index is 5.05. The lowest BCUT2D eigenvalue weighted by atomic mass is 10.00. The van der Waals surface area contributed by atoms with E-state index in [1.165, 1.54) is 29.5 Å². The van der Waals surface area contributed by atoms with Crippen molar-refractivity contribution < 1.29 is 4.74 Å². The number of nitrogens with one attached hydrogen (secondary N) is 1. The maximum Gasteiger partial charge on any atom is 0.0462 e. The number of ether oxygens (including phenoxy) is 1. The van der Waals surface area contributed by atoms with Gasteiger partial charge in [-0.05, 0) is 57.7 Å². The van der Waals surface area contributed by atoms with E-state index in [9.17, 15) is 0 Å². The molecule has 102 valence electrons. The zero-order valence-electron chi connectivity index (χ0n) is 12.3. The lowest BCUT2D eigenvalue weighted by Gasteiger charge is -2.17. The van der Waals surface area contributed by atoms with Gasteiger partial charge in [-0.1, -0.05) is 23.8 Å². The second-order valence-electron chi connectivity index (χ2n) is 5.09. The van der Waals surface area contributed by atoms with E-state index in [0.29, 0.717) is 6.04 Å². The molecule has 0 amide bonds. The van der Waals surface area contributed by atoms with Crippen molar-refractivity contribution in [1.82, 2.24) is 5.32 Å². The summed E-state index contributed by atoms with van der Waals surface area (Å²) >= 11 is 0. The molecule has 0 aromatic heterocycles. The molecule has 0 heterocycles. The van der Waals surface area contributed by atoms with E-state index in [-0.39, 0.29) is 0 Å². The highest BCUT2D eigenvalue weighted by atomic mass is 16.5. The summed E-state index contributed by atoms with van der Waals surface area (Å²) in [6, 6.07) is 7.11. The Morgan fingerprint density at radius 2 is 1.94 bits per heavy atom. The second kappa shape index (κ2) is 8.28. The van der Waals surface area contributed by atoms with Gasteiger partial charge in [0.25, 0.3) is 0 Å². The Balaban J connectivity index is 2.31. The van der Waals surface area contributed by atoms with Gasteiger partial charge in [0.05, 0.1) is 0 Å². The lowest BCUT2D eigenvalue weighted by Crippen LogP contribution is -2.20. The molecule has 0 spiro atoms. The molecule has 2 nitrogen and oxygen atoms in total. The third kappa shape index (κ3) is 5.19. The standard InChI is InChI=1S/C16H27NO/c1-13-8-9-14(2)16(12-13)15(3)17-10-6-5-7-11-18-4/h8-9,12,15,17H,5-7,10-11H2,1-4H3. The van der Waals surface area contributed by atoms with Crippen molar-refractivity contribution in [1.29, 1.82) is 0 Å². The van der Waals surface area contributed by atoms with Crippen LogP contribution in [-0.4, -0.2) is 20.3 Å². The SMILES string of the molecule is COCCCCCNC(C)c1cc(C)ccc1C. The van der Waals surface area contributed by atoms with E-state index in [0.717, 1.165) is 19.6 Å². The van der Waals surface area contributed by atoms with E-state index in [4.69, 9.17) is 4.74 Å². The van der Waals surface area contributed by atoms with Gasteiger partial charge >= 0.3 is 0 Å². The van der Waals surface area contributed by atoms with E-state index in [2.05, 4.69) is 44.3 Å². The van der Waals surface area contributed by atoms with Gasteiger partial charge in [-0.15, -0.1) is 0 Å². The predicted octanol–water partition coefficient (Wildman–Crippen LogP) is 3.77. The Morgan fingerprint density at radius 1 is 1.17 bits per heavy atom. The second-order valence-corrected chi connectivity index (χ2v) is 5.09. The van der Waals surface area contributed by atoms with Crippen molar-refractivity contribution in [3.8, 4) is 0 Å². The maximum absolute atomic E-state index is 5.05. The highest BCUT2D eigenvalue weighted by Gasteiger charge is 2.07. The summed E-state index contributed by atoms with van der Waals surface area (Å²) in [4.78, 5) is 0. The molecule has 1 aromatic rings. The molecule has 0 saturated heterocycles. The lowest BCUT2D eigenvalue weighted by molar-refractivity contribution is 0.192. The van der Waals surface area contributed by atoms with Gasteiger partial charge in [-0.25, -0.2) is 0 Å². The van der Waals surface area contributed by atoms with E-state index in [1.807, 2.05) is 0 Å². The molecule has 1 unspecified atom stereocenters. The minimum absolute atomic E-state index is 0.437. The molecule has 0 saturated carbocycles. The third-order valence-corrected chi connectivity index (χ3v) is 3.38. The van der Waals surface area contributed by atoms with Gasteiger partial charge in [0.1, 0.15) is 0 Å². The van der Waals surface area contributed by atoms with Crippen LogP contribution in [0.15, 0.2) is 18.2 Å². The summed E-state index contributed by atoms with van der Waals surface area (Å²) in [7, 11) is 1.76. The van der Waals surface area contributed by atoms with E-state index < -0.39 is 0 Å². The number of methoxy groups -OCH3 is 1. The van der Waals surface area contributed by atoms with Crippen LogP contribution >= 0.6 is 0 Å². The zero-order valence-corrected chi connectivity index (χ0v) is 12.3. The number of unbranched alkanes of at least 4 members (excludes halogenated alkanes) is 2. The zero-order chi connectivity index (χ0) is 13.4. The summed E-state index contributed by atoms with van der Waals surface area (Å²) in [5.41, 5.74) is 4.14. The van der Waals surface area contributed by atoms with Crippen molar-refractivity contribution in [2.45, 2.75) is 46.1 Å². The van der Waals surface area contributed by atoms with Crippen LogP contribution in [0.1, 0.15) is 48.9 Å². The molecule has 0 fully saturated rings. The van der Waals surface area contributed by atoms with Crippen molar-refractivity contribution in [2.75, 3.05) is 20.3 Å². The molecule has 0 bridgehead atoms. The molecule has 1 N–H and O–H groups in total. The first-order chi connectivity index (χ1) is 8.65. The predicted molar refractivity (Wildman–Crippen MR) is 78.1 cm³/mol. The average molecular weight is 249 g/mol. The molecule has 0 radical (unpaired) electrons. The number of rotatable bonds is 8. The van der Waals surface area contributed by atoms with Crippen LogP contribution < -0.4 is 5.32 Å². The summed E-state index contributed by atoms with van der Waals surface area (Å²) in [6.07, 6.45) is 3.62. The van der Waals surface area contributed by atoms with Crippen molar-refractivity contribution in [2.24, 2.45) is 0 Å². The molecule has 18 heavy (non-hydrogen) atoms. The highest BCUT2D eigenvalue weighted by Crippen LogP contribution is 2.18. The number of hydrogen-bond donors (Lipinski definition) is 1. The molecular weight excluding hydrogens is 222 g/mol.